The number of aromatic nitrogens is 2. The Labute approximate surface area is 107 Å². The predicted octanol–water partition coefficient (Wildman–Crippen LogP) is 1.78. The van der Waals surface area contributed by atoms with Crippen molar-refractivity contribution in [3.63, 3.8) is 0 Å². The van der Waals surface area contributed by atoms with Crippen molar-refractivity contribution in [2.75, 3.05) is 6.61 Å². The summed E-state index contributed by atoms with van der Waals surface area (Å²) in [5.74, 6) is 0.927. The molecule has 3 N–H and O–H groups in total. The number of aryl methyl sites for hydroxylation is 1. The van der Waals surface area contributed by atoms with Crippen molar-refractivity contribution in [1.82, 2.24) is 9.55 Å². The molecule has 0 unspecified atom stereocenters. The molecule has 1 aromatic heterocycles. The highest BCUT2D eigenvalue weighted by Gasteiger charge is 2.26. The van der Waals surface area contributed by atoms with Crippen molar-refractivity contribution in [2.45, 2.75) is 39.3 Å². The van der Waals surface area contributed by atoms with Gasteiger partial charge in [0.15, 0.2) is 0 Å². The van der Waals surface area contributed by atoms with Gasteiger partial charge in [-0.05, 0) is 24.6 Å². The van der Waals surface area contributed by atoms with Crippen molar-refractivity contribution in [2.24, 2.45) is 5.73 Å². The van der Waals surface area contributed by atoms with E-state index in [1.807, 2.05) is 26.0 Å². The minimum atomic E-state index is -0.335. The summed E-state index contributed by atoms with van der Waals surface area (Å²) in [5.41, 5.74) is 8.46. The second-order valence-electron chi connectivity index (χ2n) is 5.25. The van der Waals surface area contributed by atoms with E-state index in [0.29, 0.717) is 6.54 Å². The van der Waals surface area contributed by atoms with Crippen LogP contribution in [0.3, 0.4) is 0 Å². The smallest absolute Gasteiger partial charge is 0.117 e. The van der Waals surface area contributed by atoms with Crippen LogP contribution in [0.15, 0.2) is 18.2 Å². The Kier molecular flexibility index (Phi) is 3.41. The number of aliphatic hydroxyl groups excluding tert-OH is 1. The molecule has 0 aliphatic carbocycles. The molecule has 98 valence electrons. The number of rotatable bonds is 4. The fourth-order valence-electron chi connectivity index (χ4n) is 2.21. The number of aliphatic hydroxyl groups is 1. The quantitative estimate of drug-likeness (QED) is 0.865. The van der Waals surface area contributed by atoms with Crippen LogP contribution in [0.5, 0.6) is 0 Å². The van der Waals surface area contributed by atoms with E-state index in [2.05, 4.69) is 22.5 Å². The van der Waals surface area contributed by atoms with Gasteiger partial charge in [0, 0.05) is 18.5 Å². The first kappa shape index (κ1) is 13.1. The van der Waals surface area contributed by atoms with Crippen LogP contribution in [0.4, 0.5) is 0 Å². The minimum Gasteiger partial charge on any atom is -0.395 e. The molecule has 0 aliphatic rings. The zero-order chi connectivity index (χ0) is 13.3. The molecule has 4 heteroatoms. The van der Waals surface area contributed by atoms with Crippen molar-refractivity contribution in [3.8, 4) is 0 Å². The molecule has 1 heterocycles. The van der Waals surface area contributed by atoms with Gasteiger partial charge in [0.25, 0.3) is 0 Å². The Morgan fingerprint density at radius 1 is 1.39 bits per heavy atom. The lowest BCUT2D eigenvalue weighted by atomic mass is 9.94. The molecule has 18 heavy (non-hydrogen) atoms. The first-order chi connectivity index (χ1) is 8.53. The topological polar surface area (TPSA) is 64.1 Å². The highest BCUT2D eigenvalue weighted by atomic mass is 16.3. The molecule has 0 radical (unpaired) electrons. The summed E-state index contributed by atoms with van der Waals surface area (Å²) in [6, 6.07) is 6.12. The Hall–Kier alpha value is -1.39. The van der Waals surface area contributed by atoms with E-state index in [0.717, 1.165) is 29.0 Å². The van der Waals surface area contributed by atoms with E-state index in [-0.39, 0.29) is 12.0 Å². The summed E-state index contributed by atoms with van der Waals surface area (Å²) in [7, 11) is 0. The number of nitrogens with two attached hydrogens (primary N) is 1. The maximum absolute atomic E-state index is 9.52. The molecular formula is C14H21N3O. The largest absolute Gasteiger partial charge is 0.395 e. The van der Waals surface area contributed by atoms with E-state index in [1.165, 1.54) is 0 Å². The van der Waals surface area contributed by atoms with E-state index in [1.54, 1.807) is 0 Å². The molecule has 0 atom stereocenters. The summed E-state index contributed by atoms with van der Waals surface area (Å²) in [4.78, 5) is 4.68. The van der Waals surface area contributed by atoms with Crippen LogP contribution in [0, 0.1) is 0 Å². The van der Waals surface area contributed by atoms with Gasteiger partial charge in [0.1, 0.15) is 5.82 Å². The van der Waals surface area contributed by atoms with Crippen LogP contribution >= 0.6 is 0 Å². The van der Waals surface area contributed by atoms with Crippen LogP contribution in [-0.4, -0.2) is 21.3 Å². The Morgan fingerprint density at radius 3 is 2.67 bits per heavy atom. The Balaban J connectivity index is 2.67. The Morgan fingerprint density at radius 2 is 2.11 bits per heavy atom. The number of imidazole rings is 1. The monoisotopic (exact) mass is 247 g/mol. The maximum Gasteiger partial charge on any atom is 0.117 e. The Bertz CT molecular complexity index is 557. The van der Waals surface area contributed by atoms with Gasteiger partial charge in [-0.1, -0.05) is 19.9 Å². The number of hydrogen-bond donors (Lipinski definition) is 2. The number of nitrogens with zero attached hydrogens (tertiary/aromatic N) is 2. The first-order valence-electron chi connectivity index (χ1n) is 6.34. The van der Waals surface area contributed by atoms with Crippen LogP contribution < -0.4 is 5.73 Å². The van der Waals surface area contributed by atoms with Crippen LogP contribution in [0.2, 0.25) is 0 Å². The van der Waals surface area contributed by atoms with Gasteiger partial charge in [-0.25, -0.2) is 4.98 Å². The van der Waals surface area contributed by atoms with Gasteiger partial charge in [0.05, 0.1) is 17.6 Å². The molecule has 1 aromatic carbocycles. The molecule has 0 saturated carbocycles. The normalized spacial score (nSPS) is 12.3. The third-order valence-corrected chi connectivity index (χ3v) is 3.37. The first-order valence-corrected chi connectivity index (χ1v) is 6.34. The molecule has 4 nitrogen and oxygen atoms in total. The third-order valence-electron chi connectivity index (χ3n) is 3.37. The van der Waals surface area contributed by atoms with Gasteiger partial charge in [-0.15, -0.1) is 0 Å². The summed E-state index contributed by atoms with van der Waals surface area (Å²) in [6.07, 6.45) is 0. The molecule has 2 aromatic rings. The summed E-state index contributed by atoms with van der Waals surface area (Å²) in [5, 5.41) is 9.52. The lowest BCUT2D eigenvalue weighted by Gasteiger charge is -2.22. The fraction of sp³-hybridized carbons (Fsp3) is 0.500. The van der Waals surface area contributed by atoms with Gasteiger partial charge >= 0.3 is 0 Å². The SMILES string of the molecule is CCn1c(C(C)(C)CO)nc2cc(CN)ccc21. The van der Waals surface area contributed by atoms with Crippen LogP contribution in [-0.2, 0) is 18.5 Å². The van der Waals surface area contributed by atoms with Crippen LogP contribution in [0.1, 0.15) is 32.2 Å². The molecule has 2 rings (SSSR count). The zero-order valence-corrected chi connectivity index (χ0v) is 11.3. The van der Waals surface area contributed by atoms with Gasteiger partial charge in [0.2, 0.25) is 0 Å². The number of fused-ring (bicyclic) bond motifs is 1. The van der Waals surface area contributed by atoms with E-state index in [9.17, 15) is 5.11 Å². The van der Waals surface area contributed by atoms with Gasteiger partial charge in [-0.2, -0.15) is 0 Å². The lowest BCUT2D eigenvalue weighted by molar-refractivity contribution is 0.209. The van der Waals surface area contributed by atoms with E-state index < -0.39 is 0 Å². The standard InChI is InChI=1S/C14H21N3O/c1-4-17-12-6-5-10(8-15)7-11(12)16-13(17)14(2,3)9-18/h5-7,18H,4,8-9,15H2,1-3H3. The second-order valence-corrected chi connectivity index (χ2v) is 5.25. The summed E-state index contributed by atoms with van der Waals surface area (Å²) < 4.78 is 2.16. The second kappa shape index (κ2) is 4.71. The molecular weight excluding hydrogens is 226 g/mol. The van der Waals surface area contributed by atoms with Crippen molar-refractivity contribution < 1.29 is 5.11 Å². The zero-order valence-electron chi connectivity index (χ0n) is 11.3. The van der Waals surface area contributed by atoms with Crippen LogP contribution in [0.25, 0.3) is 11.0 Å². The van der Waals surface area contributed by atoms with Crippen molar-refractivity contribution in [3.05, 3.63) is 29.6 Å². The average Bonchev–Trinajstić information content (AvgIpc) is 2.76. The maximum atomic E-state index is 9.52. The molecule has 0 spiro atoms. The van der Waals surface area contributed by atoms with Gasteiger partial charge in [-0.3, -0.25) is 0 Å². The number of benzene rings is 1. The number of hydrogen-bond acceptors (Lipinski definition) is 3. The van der Waals surface area contributed by atoms with E-state index in [4.69, 9.17) is 5.73 Å². The third kappa shape index (κ3) is 2.02. The highest BCUT2D eigenvalue weighted by molar-refractivity contribution is 5.77. The average molecular weight is 247 g/mol. The molecule has 0 aliphatic heterocycles. The van der Waals surface area contributed by atoms with Crippen molar-refractivity contribution in [1.29, 1.82) is 0 Å². The van der Waals surface area contributed by atoms with Crippen molar-refractivity contribution >= 4 is 11.0 Å². The van der Waals surface area contributed by atoms with E-state index >= 15 is 0 Å². The molecule has 0 saturated heterocycles. The molecule has 0 amide bonds. The molecule has 0 fully saturated rings. The summed E-state index contributed by atoms with van der Waals surface area (Å²) in [6.45, 7) is 7.55. The highest BCUT2D eigenvalue weighted by Crippen LogP contribution is 2.27. The summed E-state index contributed by atoms with van der Waals surface area (Å²) >= 11 is 0. The predicted molar refractivity (Wildman–Crippen MR) is 73.4 cm³/mol. The molecule has 0 bridgehead atoms. The van der Waals surface area contributed by atoms with Gasteiger partial charge < -0.3 is 15.4 Å². The lowest BCUT2D eigenvalue weighted by Crippen LogP contribution is -2.26. The fourth-order valence-corrected chi connectivity index (χ4v) is 2.21. The minimum absolute atomic E-state index is 0.0834.